The van der Waals surface area contributed by atoms with E-state index < -0.39 is 6.04 Å². The summed E-state index contributed by atoms with van der Waals surface area (Å²) in [6.07, 6.45) is 2.77. The van der Waals surface area contributed by atoms with E-state index in [4.69, 9.17) is 21.1 Å². The molecule has 4 N–H and O–H groups in total. The topological polar surface area (TPSA) is 148 Å². The van der Waals surface area contributed by atoms with E-state index in [0.717, 1.165) is 11.3 Å². The van der Waals surface area contributed by atoms with Gasteiger partial charge in [-0.15, -0.1) is 0 Å². The number of nitrogens with zero attached hydrogens (tertiary/aromatic N) is 3. The third kappa shape index (κ3) is 6.88. The van der Waals surface area contributed by atoms with Crippen LogP contribution in [-0.2, 0) is 17.8 Å². The van der Waals surface area contributed by atoms with E-state index in [1.807, 2.05) is 24.3 Å². The number of aliphatic hydroxyl groups excluding tert-OH is 2. The number of hydrogen-bond donors (Lipinski definition) is 4. The van der Waals surface area contributed by atoms with Crippen molar-refractivity contribution in [1.29, 1.82) is 0 Å². The molecule has 0 fully saturated rings. The second-order valence-electron chi connectivity index (χ2n) is 9.46. The molecular formula is C30H32ClN5O6. The van der Waals surface area contributed by atoms with Gasteiger partial charge < -0.3 is 30.3 Å². The average Bonchev–Trinajstić information content (AvgIpc) is 3.02. The van der Waals surface area contributed by atoms with Crippen LogP contribution in [0.4, 0.5) is 11.6 Å². The fraction of sp³-hybridized carbons (Fsp3) is 0.267. The van der Waals surface area contributed by atoms with Crippen LogP contribution in [0.15, 0.2) is 65.6 Å². The maximum absolute atomic E-state index is 14.0. The van der Waals surface area contributed by atoms with Gasteiger partial charge >= 0.3 is 0 Å². The lowest BCUT2D eigenvalue weighted by molar-refractivity contribution is -0.104. The van der Waals surface area contributed by atoms with Crippen molar-refractivity contribution in [2.75, 3.05) is 44.6 Å². The van der Waals surface area contributed by atoms with Crippen molar-refractivity contribution < 1.29 is 24.5 Å². The molecule has 0 bridgehead atoms. The number of aromatic nitrogens is 3. The fourth-order valence-electron chi connectivity index (χ4n) is 4.28. The molecule has 0 aliphatic carbocycles. The lowest BCUT2D eigenvalue weighted by Crippen LogP contribution is -2.29. The molecule has 12 heteroatoms. The van der Waals surface area contributed by atoms with Crippen molar-refractivity contribution in [3.63, 3.8) is 0 Å². The number of ether oxygens (including phenoxy) is 2. The summed E-state index contributed by atoms with van der Waals surface area (Å²) in [4.78, 5) is 33.7. The molecule has 0 atom stereocenters. The Morgan fingerprint density at radius 2 is 1.86 bits per heavy atom. The van der Waals surface area contributed by atoms with Gasteiger partial charge in [-0.2, -0.15) is 4.98 Å². The third-order valence-corrected chi connectivity index (χ3v) is 7.01. The standard InChI is InChI=1S/C30H32ClN5O6/c1-18(15-37)13-32-21-6-4-19(5-7-21)8-9-36-28-20(14-33-30(35-28)34-22(16-38)17-39)10-25(29(36)40)24-11-23(41-2)12-26(42-3)27(24)31/h4-7,10-12,14-15,22,32,38-39H,1,8-9,13,16-17H2,2-3H3,(H,33,34,35). The van der Waals surface area contributed by atoms with E-state index in [9.17, 15) is 19.8 Å². The van der Waals surface area contributed by atoms with Crippen molar-refractivity contribution in [3.8, 4) is 22.6 Å². The Labute approximate surface area is 247 Å². The Bertz CT molecular complexity index is 1640. The van der Waals surface area contributed by atoms with Crippen molar-refractivity contribution in [3.05, 3.63) is 81.8 Å². The number of carbonyl (C=O) groups is 1. The highest BCUT2D eigenvalue weighted by Gasteiger charge is 2.19. The van der Waals surface area contributed by atoms with Crippen LogP contribution in [0.1, 0.15) is 5.56 Å². The number of aryl methyl sites for hydroxylation is 2. The first-order valence-corrected chi connectivity index (χ1v) is 13.5. The maximum Gasteiger partial charge on any atom is 0.260 e. The van der Waals surface area contributed by atoms with Crippen LogP contribution in [0.2, 0.25) is 5.02 Å². The first kappa shape index (κ1) is 30.5. The van der Waals surface area contributed by atoms with E-state index in [1.54, 1.807) is 29.0 Å². The van der Waals surface area contributed by atoms with Gasteiger partial charge in [0.15, 0.2) is 0 Å². The highest BCUT2D eigenvalue weighted by atomic mass is 35.5. The van der Waals surface area contributed by atoms with Crippen LogP contribution in [0.3, 0.4) is 0 Å². The summed E-state index contributed by atoms with van der Waals surface area (Å²) in [6, 6.07) is 12.0. The molecule has 2 aromatic heterocycles. The molecule has 2 aromatic carbocycles. The molecule has 42 heavy (non-hydrogen) atoms. The van der Waals surface area contributed by atoms with Crippen molar-refractivity contribution in [1.82, 2.24) is 14.5 Å². The molecule has 4 rings (SSSR count). The Morgan fingerprint density at radius 1 is 1.12 bits per heavy atom. The number of aliphatic hydroxyl groups is 2. The molecule has 0 saturated carbocycles. The predicted molar refractivity (Wildman–Crippen MR) is 163 cm³/mol. The summed E-state index contributed by atoms with van der Waals surface area (Å²) in [6.45, 7) is 3.63. The first-order valence-electron chi connectivity index (χ1n) is 13.1. The average molecular weight is 594 g/mol. The van der Waals surface area contributed by atoms with Gasteiger partial charge in [0, 0.05) is 53.1 Å². The molecular weight excluding hydrogens is 562 g/mol. The molecule has 0 amide bonds. The van der Waals surface area contributed by atoms with Gasteiger partial charge in [-0.1, -0.05) is 30.3 Å². The fourth-order valence-corrected chi connectivity index (χ4v) is 4.57. The molecule has 0 unspecified atom stereocenters. The van der Waals surface area contributed by atoms with Gasteiger partial charge in [-0.05, 0) is 36.2 Å². The zero-order chi connectivity index (χ0) is 30.2. The lowest BCUT2D eigenvalue weighted by atomic mass is 10.0. The number of aldehydes is 1. The van der Waals surface area contributed by atoms with Crippen LogP contribution in [0.25, 0.3) is 22.2 Å². The van der Waals surface area contributed by atoms with Crippen molar-refractivity contribution in [2.45, 2.75) is 19.0 Å². The van der Waals surface area contributed by atoms with E-state index in [-0.39, 0.29) is 36.3 Å². The summed E-state index contributed by atoms with van der Waals surface area (Å²) in [5.41, 5.74) is 3.02. The van der Waals surface area contributed by atoms with Crippen molar-refractivity contribution >= 4 is 40.6 Å². The van der Waals surface area contributed by atoms with E-state index in [2.05, 4.69) is 27.2 Å². The Kier molecular flexibility index (Phi) is 10.1. The predicted octanol–water partition coefficient (Wildman–Crippen LogP) is 3.30. The SMILES string of the molecule is C=C(C=O)CNc1ccc(CCn2c(=O)c(-c3cc(OC)cc(OC)c3Cl)cc3cnc(NC(CO)CO)nc32)cc1. The van der Waals surface area contributed by atoms with Crippen LogP contribution in [0, 0.1) is 0 Å². The third-order valence-electron chi connectivity index (χ3n) is 6.62. The highest BCUT2D eigenvalue weighted by Crippen LogP contribution is 2.38. The Balaban J connectivity index is 1.77. The minimum absolute atomic E-state index is 0.157. The second kappa shape index (κ2) is 13.9. The summed E-state index contributed by atoms with van der Waals surface area (Å²) < 4.78 is 12.4. The van der Waals surface area contributed by atoms with Crippen LogP contribution < -0.4 is 25.7 Å². The summed E-state index contributed by atoms with van der Waals surface area (Å²) in [5.74, 6) is 0.986. The molecule has 0 saturated heterocycles. The molecule has 11 nitrogen and oxygen atoms in total. The Hall–Kier alpha value is -4.45. The number of pyridine rings is 1. The van der Waals surface area contributed by atoms with Gasteiger partial charge in [-0.25, -0.2) is 4.98 Å². The number of halogens is 1. The molecule has 0 spiro atoms. The van der Waals surface area contributed by atoms with E-state index >= 15 is 0 Å². The number of benzene rings is 2. The monoisotopic (exact) mass is 593 g/mol. The zero-order valence-corrected chi connectivity index (χ0v) is 24.0. The Morgan fingerprint density at radius 3 is 2.50 bits per heavy atom. The number of nitrogens with one attached hydrogen (secondary N) is 2. The first-order chi connectivity index (χ1) is 20.3. The minimum Gasteiger partial charge on any atom is -0.497 e. The van der Waals surface area contributed by atoms with Crippen LogP contribution >= 0.6 is 11.6 Å². The quantitative estimate of drug-likeness (QED) is 0.127. The highest BCUT2D eigenvalue weighted by molar-refractivity contribution is 6.35. The van der Waals surface area contributed by atoms with E-state index in [0.29, 0.717) is 58.5 Å². The second-order valence-corrected chi connectivity index (χ2v) is 9.84. The number of rotatable bonds is 14. The number of anilines is 2. The lowest BCUT2D eigenvalue weighted by Gasteiger charge is -2.17. The number of hydrogen-bond acceptors (Lipinski definition) is 10. The molecule has 0 radical (unpaired) electrons. The normalized spacial score (nSPS) is 11.0. The largest absolute Gasteiger partial charge is 0.497 e. The number of carbonyl (C=O) groups excluding carboxylic acids is 1. The van der Waals surface area contributed by atoms with Gasteiger partial charge in [0.1, 0.15) is 23.4 Å². The molecule has 4 aromatic rings. The van der Waals surface area contributed by atoms with Crippen LogP contribution in [0.5, 0.6) is 11.5 Å². The molecule has 0 aliphatic rings. The molecule has 0 aliphatic heterocycles. The van der Waals surface area contributed by atoms with Crippen molar-refractivity contribution in [2.24, 2.45) is 0 Å². The molecule has 2 heterocycles. The zero-order valence-electron chi connectivity index (χ0n) is 23.3. The van der Waals surface area contributed by atoms with Gasteiger partial charge in [0.2, 0.25) is 5.95 Å². The minimum atomic E-state index is -0.666. The summed E-state index contributed by atoms with van der Waals surface area (Å²) >= 11 is 6.66. The van der Waals surface area contributed by atoms with Crippen LogP contribution in [-0.4, -0.2) is 71.1 Å². The summed E-state index contributed by atoms with van der Waals surface area (Å²) in [5, 5.41) is 25.8. The van der Waals surface area contributed by atoms with Gasteiger partial charge in [0.25, 0.3) is 5.56 Å². The van der Waals surface area contributed by atoms with Gasteiger partial charge in [0.05, 0.1) is 38.5 Å². The van der Waals surface area contributed by atoms with Gasteiger partial charge in [-0.3, -0.25) is 14.2 Å². The molecule has 220 valence electrons. The number of methoxy groups -OCH3 is 2. The number of fused-ring (bicyclic) bond motifs is 1. The maximum atomic E-state index is 14.0. The smallest absolute Gasteiger partial charge is 0.260 e. The van der Waals surface area contributed by atoms with E-state index in [1.165, 1.54) is 14.2 Å². The summed E-state index contributed by atoms with van der Waals surface area (Å²) in [7, 11) is 3.00.